The molecule has 1 N–H and O–H groups in total. The first kappa shape index (κ1) is 19.5. The van der Waals surface area contributed by atoms with E-state index in [4.69, 9.17) is 4.74 Å². The van der Waals surface area contributed by atoms with Crippen molar-refractivity contribution >= 4 is 18.1 Å². The van der Waals surface area contributed by atoms with Crippen LogP contribution in [0.3, 0.4) is 0 Å². The molecule has 7 nitrogen and oxygen atoms in total. The number of aromatic carboxylic acids is 1. The molecule has 0 aliphatic heterocycles. The summed E-state index contributed by atoms with van der Waals surface area (Å²) in [7, 11) is 1.51. The first-order chi connectivity index (χ1) is 13.9. The molecule has 0 spiro atoms. The Morgan fingerprint density at radius 3 is 2.59 bits per heavy atom. The molecule has 0 fully saturated rings. The number of benzene rings is 2. The topological polar surface area (TPSA) is 105 Å². The maximum Gasteiger partial charge on any atom is 0.357 e. The molecule has 0 radical (unpaired) electrons. The first-order valence-electron chi connectivity index (χ1n) is 8.33. The average molecular weight is 391 g/mol. The van der Waals surface area contributed by atoms with E-state index in [-0.39, 0.29) is 16.8 Å². The largest absolute Gasteiger partial charge is 0.497 e. The van der Waals surface area contributed by atoms with Crippen molar-refractivity contribution in [2.75, 3.05) is 7.11 Å². The number of hydrogen-bond acceptors (Lipinski definition) is 5. The van der Waals surface area contributed by atoms with Crippen LogP contribution in [0.1, 0.15) is 27.2 Å². The van der Waals surface area contributed by atoms with Gasteiger partial charge in [-0.3, -0.25) is 4.79 Å². The third kappa shape index (κ3) is 4.04. The molecule has 1 aromatic heterocycles. The Bertz CT molecular complexity index is 1210. The number of hydrogen-bond donors (Lipinski definition) is 1. The normalized spacial score (nSPS) is 10.7. The van der Waals surface area contributed by atoms with Gasteiger partial charge in [0.05, 0.1) is 12.8 Å². The molecule has 0 saturated carbocycles. The number of methoxy groups -OCH3 is 1. The second kappa shape index (κ2) is 8.19. The predicted molar refractivity (Wildman–Crippen MR) is 103 cm³/mol. The number of carboxylic acids is 1. The van der Waals surface area contributed by atoms with Gasteiger partial charge in [-0.1, -0.05) is 24.3 Å². The summed E-state index contributed by atoms with van der Waals surface area (Å²) in [6, 6.07) is 13.4. The van der Waals surface area contributed by atoms with Crippen LogP contribution < -0.4 is 10.3 Å². The summed E-state index contributed by atoms with van der Waals surface area (Å²) >= 11 is 0. The van der Waals surface area contributed by atoms with Crippen LogP contribution in [-0.2, 0) is 0 Å². The van der Waals surface area contributed by atoms with Crippen LogP contribution in [0.25, 0.3) is 17.8 Å². The third-order valence-electron chi connectivity index (χ3n) is 4.05. The minimum atomic E-state index is -1.41. The Morgan fingerprint density at radius 1 is 1.24 bits per heavy atom. The minimum Gasteiger partial charge on any atom is -0.497 e. The number of nitriles is 1. The van der Waals surface area contributed by atoms with Gasteiger partial charge in [-0.15, -0.1) is 0 Å². The van der Waals surface area contributed by atoms with Gasteiger partial charge in [-0.05, 0) is 42.0 Å². The van der Waals surface area contributed by atoms with Crippen molar-refractivity contribution in [2.45, 2.75) is 0 Å². The van der Waals surface area contributed by atoms with Crippen molar-refractivity contribution in [3.05, 3.63) is 87.1 Å². The van der Waals surface area contributed by atoms with E-state index in [2.05, 4.69) is 5.10 Å². The summed E-state index contributed by atoms with van der Waals surface area (Å²) in [5, 5.41) is 23.0. The zero-order chi connectivity index (χ0) is 21.0. The van der Waals surface area contributed by atoms with Crippen LogP contribution in [0.4, 0.5) is 4.39 Å². The number of carboxylic acid groups (broad SMARTS) is 1. The number of nitrogens with zero attached hydrogens (tertiary/aromatic N) is 3. The molecule has 29 heavy (non-hydrogen) atoms. The highest BCUT2D eigenvalue weighted by Gasteiger charge is 2.21. The summed E-state index contributed by atoms with van der Waals surface area (Å²) in [4.78, 5) is 24.5. The molecule has 0 atom stereocenters. The van der Waals surface area contributed by atoms with Crippen LogP contribution >= 0.6 is 0 Å². The van der Waals surface area contributed by atoms with Crippen molar-refractivity contribution in [1.29, 1.82) is 5.26 Å². The molecule has 0 aliphatic rings. The Hall–Kier alpha value is -4.25. The van der Waals surface area contributed by atoms with E-state index in [9.17, 15) is 24.3 Å². The number of halogens is 1. The number of ether oxygens (including phenoxy) is 1. The second-order valence-corrected chi connectivity index (χ2v) is 5.86. The maximum atomic E-state index is 13.2. The zero-order valence-corrected chi connectivity index (χ0v) is 15.2. The quantitative estimate of drug-likeness (QED) is 0.716. The fourth-order valence-electron chi connectivity index (χ4n) is 2.65. The van der Waals surface area contributed by atoms with Gasteiger partial charge in [-0.25, -0.2) is 9.18 Å². The molecule has 0 unspecified atom stereocenters. The Morgan fingerprint density at radius 2 is 1.97 bits per heavy atom. The second-order valence-electron chi connectivity index (χ2n) is 5.86. The van der Waals surface area contributed by atoms with Crippen molar-refractivity contribution < 1.29 is 19.0 Å². The molecule has 2 aromatic carbocycles. The molecule has 8 heteroatoms. The number of carbonyl (C=O) groups is 1. The van der Waals surface area contributed by atoms with Gasteiger partial charge in [-0.2, -0.15) is 15.0 Å². The standard InChI is InChI=1S/C21H14FN3O4/c1-29-16-4-2-3-13(11-16)5-10-17-18(12-23)20(26)25(24-19(17)21(27)28)15-8-6-14(22)7-9-15/h2-11H,1H3,(H,27,28)/b10-5-. The highest BCUT2D eigenvalue weighted by Crippen LogP contribution is 2.18. The summed E-state index contributed by atoms with van der Waals surface area (Å²) < 4.78 is 19.1. The van der Waals surface area contributed by atoms with Gasteiger partial charge in [0.15, 0.2) is 5.69 Å². The SMILES string of the molecule is COc1cccc(/C=C\c2c(C(=O)O)nn(-c3ccc(F)cc3)c(=O)c2C#N)c1. The fraction of sp³-hybridized carbons (Fsp3) is 0.0476. The molecule has 0 aliphatic carbocycles. The average Bonchev–Trinajstić information content (AvgIpc) is 2.73. The lowest BCUT2D eigenvalue weighted by Crippen LogP contribution is -2.28. The molecule has 0 bridgehead atoms. The van der Waals surface area contributed by atoms with Gasteiger partial charge in [0.25, 0.3) is 5.56 Å². The molecular formula is C21H14FN3O4. The van der Waals surface area contributed by atoms with E-state index in [1.165, 1.54) is 25.3 Å². The van der Waals surface area contributed by atoms with E-state index >= 15 is 0 Å². The van der Waals surface area contributed by atoms with E-state index < -0.39 is 23.0 Å². The van der Waals surface area contributed by atoms with Crippen molar-refractivity contribution in [3.8, 4) is 17.5 Å². The van der Waals surface area contributed by atoms with Gasteiger partial charge in [0.2, 0.25) is 0 Å². The van der Waals surface area contributed by atoms with Crippen LogP contribution in [0.2, 0.25) is 0 Å². The van der Waals surface area contributed by atoms with Crippen molar-refractivity contribution in [1.82, 2.24) is 9.78 Å². The summed E-state index contributed by atoms with van der Waals surface area (Å²) in [5.41, 5.74) is -0.989. The van der Waals surface area contributed by atoms with Gasteiger partial charge in [0, 0.05) is 5.56 Å². The maximum absolute atomic E-state index is 13.2. The van der Waals surface area contributed by atoms with E-state index in [0.29, 0.717) is 11.3 Å². The van der Waals surface area contributed by atoms with Crippen molar-refractivity contribution in [3.63, 3.8) is 0 Å². The lowest BCUT2D eigenvalue weighted by molar-refractivity contribution is 0.0688. The lowest BCUT2D eigenvalue weighted by atomic mass is 10.1. The van der Waals surface area contributed by atoms with E-state index in [1.807, 2.05) is 0 Å². The molecule has 1 heterocycles. The van der Waals surface area contributed by atoms with Crippen LogP contribution in [0.15, 0.2) is 53.3 Å². The molecule has 0 amide bonds. The number of rotatable bonds is 5. The monoisotopic (exact) mass is 391 g/mol. The molecule has 144 valence electrons. The fourth-order valence-corrected chi connectivity index (χ4v) is 2.65. The van der Waals surface area contributed by atoms with Crippen molar-refractivity contribution in [2.24, 2.45) is 0 Å². The molecule has 3 rings (SSSR count). The summed E-state index contributed by atoms with van der Waals surface area (Å²) in [6.45, 7) is 0. The Labute approximate surface area is 164 Å². The van der Waals surface area contributed by atoms with Crippen LogP contribution in [0, 0.1) is 17.1 Å². The summed E-state index contributed by atoms with van der Waals surface area (Å²) in [5.74, 6) is -1.35. The highest BCUT2D eigenvalue weighted by molar-refractivity contribution is 5.92. The van der Waals surface area contributed by atoms with Crippen LogP contribution in [0.5, 0.6) is 5.75 Å². The Kier molecular flexibility index (Phi) is 5.51. The lowest BCUT2D eigenvalue weighted by Gasteiger charge is -2.09. The zero-order valence-electron chi connectivity index (χ0n) is 15.2. The smallest absolute Gasteiger partial charge is 0.357 e. The molecule has 3 aromatic rings. The highest BCUT2D eigenvalue weighted by atomic mass is 19.1. The van der Waals surface area contributed by atoms with Gasteiger partial charge < -0.3 is 9.84 Å². The van der Waals surface area contributed by atoms with Gasteiger partial charge in [0.1, 0.15) is 23.2 Å². The number of aromatic nitrogens is 2. The molecular weight excluding hydrogens is 377 g/mol. The minimum absolute atomic E-state index is 0.119. The van der Waals surface area contributed by atoms with E-state index in [0.717, 1.165) is 16.8 Å². The molecule has 0 saturated heterocycles. The first-order valence-corrected chi connectivity index (χ1v) is 8.33. The van der Waals surface area contributed by atoms with E-state index in [1.54, 1.807) is 36.4 Å². The predicted octanol–water partition coefficient (Wildman–Crippen LogP) is 3.12. The van der Waals surface area contributed by atoms with Gasteiger partial charge >= 0.3 is 5.97 Å². The Balaban J connectivity index is 2.19. The third-order valence-corrected chi connectivity index (χ3v) is 4.05. The summed E-state index contributed by atoms with van der Waals surface area (Å²) in [6.07, 6.45) is 2.90. The van der Waals surface area contributed by atoms with Crippen LogP contribution in [-0.4, -0.2) is 28.0 Å².